The van der Waals surface area contributed by atoms with Gasteiger partial charge in [-0.1, -0.05) is 35.5 Å². The van der Waals surface area contributed by atoms with E-state index in [-0.39, 0.29) is 5.91 Å². The molecular formula is C25H33N5O2S. The molecule has 1 aliphatic carbocycles. The molecule has 176 valence electrons. The summed E-state index contributed by atoms with van der Waals surface area (Å²) in [6, 6.07) is 10.1. The van der Waals surface area contributed by atoms with Gasteiger partial charge in [-0.3, -0.25) is 4.79 Å². The van der Waals surface area contributed by atoms with E-state index in [0.29, 0.717) is 5.75 Å². The van der Waals surface area contributed by atoms with Gasteiger partial charge in [0.25, 0.3) is 0 Å². The van der Waals surface area contributed by atoms with Crippen LogP contribution in [0.4, 0.5) is 11.5 Å². The van der Waals surface area contributed by atoms with Crippen molar-refractivity contribution in [3.63, 3.8) is 0 Å². The lowest BCUT2D eigenvalue weighted by molar-refractivity contribution is -0.118. The van der Waals surface area contributed by atoms with E-state index in [0.717, 1.165) is 61.4 Å². The standard InChI is InChI=1S/C25H33N5O2S/c1-32-22-10-6-5-9-21(22)29-13-15-30(16-14-29)23-17-25(28-19-27-23)33-18-24(31)26-12-11-20-7-3-2-4-8-20/h5-7,9-10,17,19H,2-4,8,11-16,18H2,1H3,(H,26,31). The van der Waals surface area contributed by atoms with E-state index in [9.17, 15) is 4.79 Å². The summed E-state index contributed by atoms with van der Waals surface area (Å²) in [6.45, 7) is 4.25. The normalized spacial score (nSPS) is 16.3. The Bertz CT molecular complexity index is 959. The van der Waals surface area contributed by atoms with Crippen molar-refractivity contribution in [3.8, 4) is 5.75 Å². The van der Waals surface area contributed by atoms with Crippen LogP contribution in [0.25, 0.3) is 0 Å². The number of rotatable bonds is 9. The van der Waals surface area contributed by atoms with E-state index >= 15 is 0 Å². The fraction of sp³-hybridized carbons (Fsp3) is 0.480. The second-order valence-corrected chi connectivity index (χ2v) is 9.35. The molecule has 0 atom stereocenters. The van der Waals surface area contributed by atoms with Crippen molar-refractivity contribution in [1.82, 2.24) is 15.3 Å². The summed E-state index contributed by atoms with van der Waals surface area (Å²) >= 11 is 1.46. The molecule has 8 heteroatoms. The lowest BCUT2D eigenvalue weighted by atomic mass is 9.97. The van der Waals surface area contributed by atoms with Crippen LogP contribution in [-0.2, 0) is 4.79 Å². The molecule has 7 nitrogen and oxygen atoms in total. The minimum atomic E-state index is 0.0574. The maximum Gasteiger partial charge on any atom is 0.230 e. The van der Waals surface area contributed by atoms with Crippen molar-refractivity contribution in [3.05, 3.63) is 48.3 Å². The van der Waals surface area contributed by atoms with Gasteiger partial charge >= 0.3 is 0 Å². The van der Waals surface area contributed by atoms with Crippen molar-refractivity contribution in [1.29, 1.82) is 0 Å². The van der Waals surface area contributed by atoms with Crippen molar-refractivity contribution in [2.75, 3.05) is 55.4 Å². The first-order chi connectivity index (χ1) is 16.2. The van der Waals surface area contributed by atoms with Crippen molar-refractivity contribution in [2.24, 2.45) is 0 Å². The number of aromatic nitrogens is 2. The number of ether oxygens (including phenoxy) is 1. The van der Waals surface area contributed by atoms with Crippen LogP contribution in [0.1, 0.15) is 32.1 Å². The summed E-state index contributed by atoms with van der Waals surface area (Å²) in [6.07, 6.45) is 9.84. The Morgan fingerprint density at radius 3 is 2.73 bits per heavy atom. The van der Waals surface area contributed by atoms with Gasteiger partial charge in [-0.05, 0) is 44.2 Å². The first-order valence-corrected chi connectivity index (χ1v) is 12.7. The Labute approximate surface area is 200 Å². The molecule has 0 saturated carbocycles. The number of hydrogen-bond donors (Lipinski definition) is 1. The highest BCUT2D eigenvalue weighted by Crippen LogP contribution is 2.29. The number of methoxy groups -OCH3 is 1. The molecule has 1 saturated heterocycles. The molecule has 1 aliphatic heterocycles. The third-order valence-electron chi connectivity index (χ3n) is 6.16. The van der Waals surface area contributed by atoms with E-state index in [4.69, 9.17) is 4.74 Å². The molecule has 0 unspecified atom stereocenters. The van der Waals surface area contributed by atoms with Crippen LogP contribution in [0.15, 0.2) is 53.3 Å². The molecule has 1 amide bonds. The first-order valence-electron chi connectivity index (χ1n) is 11.8. The molecule has 4 rings (SSSR count). The van der Waals surface area contributed by atoms with Gasteiger partial charge in [0, 0.05) is 38.8 Å². The van der Waals surface area contributed by atoms with Gasteiger partial charge in [0.05, 0.1) is 18.6 Å². The molecule has 1 fully saturated rings. The number of allylic oxidation sites excluding steroid dienone is 1. The molecule has 2 aliphatic rings. The molecule has 1 aromatic heterocycles. The smallest absolute Gasteiger partial charge is 0.230 e. The quantitative estimate of drug-likeness (QED) is 0.341. The summed E-state index contributed by atoms with van der Waals surface area (Å²) in [5.41, 5.74) is 2.62. The number of hydrogen-bond acceptors (Lipinski definition) is 7. The number of carbonyl (C=O) groups is 1. The maximum atomic E-state index is 12.2. The van der Waals surface area contributed by atoms with E-state index in [2.05, 4.69) is 37.2 Å². The van der Waals surface area contributed by atoms with Gasteiger partial charge in [0.1, 0.15) is 22.9 Å². The molecule has 0 bridgehead atoms. The van der Waals surface area contributed by atoms with Crippen LogP contribution in [0.5, 0.6) is 5.75 Å². The van der Waals surface area contributed by atoms with Gasteiger partial charge < -0.3 is 19.9 Å². The number of carbonyl (C=O) groups excluding carboxylic acids is 1. The van der Waals surface area contributed by atoms with Crippen molar-refractivity contribution in [2.45, 2.75) is 37.1 Å². The van der Waals surface area contributed by atoms with Gasteiger partial charge in [-0.15, -0.1) is 0 Å². The topological polar surface area (TPSA) is 70.6 Å². The second-order valence-electron chi connectivity index (χ2n) is 8.36. The van der Waals surface area contributed by atoms with Crippen molar-refractivity contribution < 1.29 is 9.53 Å². The molecule has 33 heavy (non-hydrogen) atoms. The number of para-hydroxylation sites is 2. The average Bonchev–Trinajstić information content (AvgIpc) is 2.88. The summed E-state index contributed by atoms with van der Waals surface area (Å²) in [5, 5.41) is 3.87. The van der Waals surface area contributed by atoms with Crippen LogP contribution in [-0.4, -0.2) is 61.5 Å². The van der Waals surface area contributed by atoms with Crippen LogP contribution in [0.3, 0.4) is 0 Å². The lowest BCUT2D eigenvalue weighted by Crippen LogP contribution is -2.47. The lowest BCUT2D eigenvalue weighted by Gasteiger charge is -2.37. The first kappa shape index (κ1) is 23.4. The van der Waals surface area contributed by atoms with Crippen LogP contribution in [0.2, 0.25) is 0 Å². The number of nitrogens with one attached hydrogen (secondary N) is 1. The highest BCUT2D eigenvalue weighted by Gasteiger charge is 2.21. The van der Waals surface area contributed by atoms with Gasteiger partial charge in [-0.25, -0.2) is 9.97 Å². The minimum Gasteiger partial charge on any atom is -0.495 e. The van der Waals surface area contributed by atoms with Gasteiger partial charge in [0.15, 0.2) is 0 Å². The number of amides is 1. The zero-order valence-corrected chi connectivity index (χ0v) is 20.1. The summed E-state index contributed by atoms with van der Waals surface area (Å²) < 4.78 is 5.51. The monoisotopic (exact) mass is 467 g/mol. The molecule has 1 N–H and O–H groups in total. The SMILES string of the molecule is COc1ccccc1N1CCN(c2cc(SCC(=O)NCCC3=CCCCC3)ncn2)CC1. The second kappa shape index (κ2) is 11.9. The van der Waals surface area contributed by atoms with E-state index in [1.165, 1.54) is 43.0 Å². The molecular weight excluding hydrogens is 434 g/mol. The van der Waals surface area contributed by atoms with Crippen molar-refractivity contribution >= 4 is 29.2 Å². The number of piperazine rings is 1. The van der Waals surface area contributed by atoms with Gasteiger partial charge in [0.2, 0.25) is 5.91 Å². The Hall–Kier alpha value is -2.74. The number of nitrogens with zero attached hydrogens (tertiary/aromatic N) is 4. The number of anilines is 2. The zero-order valence-electron chi connectivity index (χ0n) is 19.3. The molecule has 0 radical (unpaired) electrons. The number of thioether (sulfide) groups is 1. The van der Waals surface area contributed by atoms with Crippen LogP contribution < -0.4 is 19.9 Å². The average molecular weight is 468 g/mol. The fourth-order valence-electron chi connectivity index (χ4n) is 4.33. The maximum absolute atomic E-state index is 12.2. The molecule has 0 spiro atoms. The Balaban J connectivity index is 1.23. The summed E-state index contributed by atoms with van der Waals surface area (Å²) in [4.78, 5) is 25.7. The summed E-state index contributed by atoms with van der Waals surface area (Å²) in [7, 11) is 1.71. The van der Waals surface area contributed by atoms with E-state index in [1.807, 2.05) is 24.3 Å². The third-order valence-corrected chi connectivity index (χ3v) is 7.09. The Morgan fingerprint density at radius 1 is 1.12 bits per heavy atom. The largest absolute Gasteiger partial charge is 0.495 e. The van der Waals surface area contributed by atoms with E-state index < -0.39 is 0 Å². The van der Waals surface area contributed by atoms with Crippen LogP contribution >= 0.6 is 11.8 Å². The summed E-state index contributed by atoms with van der Waals surface area (Å²) in [5.74, 6) is 2.25. The molecule has 2 heterocycles. The predicted molar refractivity (Wildman–Crippen MR) is 134 cm³/mol. The minimum absolute atomic E-state index is 0.0574. The molecule has 1 aromatic carbocycles. The van der Waals surface area contributed by atoms with Crippen LogP contribution in [0, 0.1) is 0 Å². The predicted octanol–water partition coefficient (Wildman–Crippen LogP) is 3.91. The third kappa shape index (κ3) is 6.63. The van der Waals surface area contributed by atoms with E-state index in [1.54, 1.807) is 13.4 Å². The van der Waals surface area contributed by atoms with Gasteiger partial charge in [-0.2, -0.15) is 0 Å². The zero-order chi connectivity index (χ0) is 22.9. The highest BCUT2D eigenvalue weighted by atomic mass is 32.2. The highest BCUT2D eigenvalue weighted by molar-refractivity contribution is 7.99. The molecule has 2 aromatic rings. The Kier molecular flexibility index (Phi) is 8.47. The number of benzene rings is 1. The fourth-order valence-corrected chi connectivity index (χ4v) is 5.03. The Morgan fingerprint density at radius 2 is 1.94 bits per heavy atom.